The number of para-hydroxylation sites is 1. The summed E-state index contributed by atoms with van der Waals surface area (Å²) < 4.78 is 28.1. The highest BCUT2D eigenvalue weighted by Crippen LogP contribution is 2.31. The number of nitrogens with zero attached hydrogens (tertiary/aromatic N) is 1. The summed E-state index contributed by atoms with van der Waals surface area (Å²) in [5.41, 5.74) is 5.24. The molecule has 34 heavy (non-hydrogen) atoms. The van der Waals surface area contributed by atoms with Gasteiger partial charge >= 0.3 is 0 Å². The zero-order chi connectivity index (χ0) is 23.5. The van der Waals surface area contributed by atoms with E-state index in [1.807, 2.05) is 66.7 Å². The molecule has 0 bridgehead atoms. The zero-order valence-corrected chi connectivity index (χ0v) is 20.1. The summed E-state index contributed by atoms with van der Waals surface area (Å²) in [6.07, 6.45) is 5.30. The number of sulfonamides is 1. The van der Waals surface area contributed by atoms with Gasteiger partial charge in [-0.25, -0.2) is 8.42 Å². The third-order valence-electron chi connectivity index (χ3n) is 7.05. The van der Waals surface area contributed by atoms with Crippen LogP contribution in [0.15, 0.2) is 77.7 Å². The summed E-state index contributed by atoms with van der Waals surface area (Å²) in [4.78, 5) is 13.4. The second-order valence-electron chi connectivity index (χ2n) is 9.22. The summed E-state index contributed by atoms with van der Waals surface area (Å²) in [7, 11) is -3.54. The SMILES string of the molecule is O=C(Nc1ccccc1-c1ccccc1)C1CCN(S(=O)(=O)c2ccc3c(c2)CCCC3)CC1. The fraction of sp³-hybridized carbons (Fsp3) is 0.321. The van der Waals surface area contributed by atoms with Crippen molar-refractivity contribution in [3.05, 3.63) is 83.9 Å². The first-order valence-electron chi connectivity index (χ1n) is 12.1. The molecule has 1 aliphatic carbocycles. The van der Waals surface area contributed by atoms with Crippen LogP contribution >= 0.6 is 0 Å². The number of aryl methyl sites for hydroxylation is 2. The summed E-state index contributed by atoms with van der Waals surface area (Å²) >= 11 is 0. The molecular weight excluding hydrogens is 444 g/mol. The molecule has 1 saturated heterocycles. The molecule has 1 amide bonds. The molecule has 0 saturated carbocycles. The number of carbonyl (C=O) groups excluding carboxylic acids is 1. The predicted octanol–water partition coefficient (Wildman–Crippen LogP) is 5.27. The van der Waals surface area contributed by atoms with Crippen molar-refractivity contribution in [2.45, 2.75) is 43.4 Å². The number of amides is 1. The second kappa shape index (κ2) is 9.72. The van der Waals surface area contributed by atoms with Crippen molar-refractivity contribution in [2.24, 2.45) is 5.92 Å². The average molecular weight is 475 g/mol. The monoisotopic (exact) mass is 474 g/mol. The molecule has 1 N–H and O–H groups in total. The Morgan fingerprint density at radius 1 is 0.824 bits per heavy atom. The van der Waals surface area contributed by atoms with Gasteiger partial charge < -0.3 is 5.32 Å². The Kier molecular flexibility index (Phi) is 6.53. The van der Waals surface area contributed by atoms with Crippen LogP contribution in [0.1, 0.15) is 36.8 Å². The van der Waals surface area contributed by atoms with Gasteiger partial charge in [-0.15, -0.1) is 0 Å². The molecule has 176 valence electrons. The summed E-state index contributed by atoms with van der Waals surface area (Å²) in [5, 5.41) is 3.09. The van der Waals surface area contributed by atoms with Gasteiger partial charge in [-0.1, -0.05) is 54.6 Å². The van der Waals surface area contributed by atoms with Crippen molar-refractivity contribution >= 4 is 21.6 Å². The van der Waals surface area contributed by atoms with Crippen molar-refractivity contribution in [2.75, 3.05) is 18.4 Å². The van der Waals surface area contributed by atoms with Crippen molar-refractivity contribution in [1.82, 2.24) is 4.31 Å². The van der Waals surface area contributed by atoms with E-state index in [-0.39, 0.29) is 11.8 Å². The molecule has 1 heterocycles. The van der Waals surface area contributed by atoms with Crippen molar-refractivity contribution in [3.8, 4) is 11.1 Å². The summed E-state index contributed by atoms with van der Waals surface area (Å²) in [6, 6.07) is 23.3. The molecule has 0 aromatic heterocycles. The lowest BCUT2D eigenvalue weighted by Gasteiger charge is -2.31. The van der Waals surface area contributed by atoms with Gasteiger partial charge in [-0.3, -0.25) is 4.79 Å². The maximum Gasteiger partial charge on any atom is 0.243 e. The largest absolute Gasteiger partial charge is 0.325 e. The van der Waals surface area contributed by atoms with Gasteiger partial charge in [-0.05, 0) is 73.4 Å². The molecule has 3 aromatic rings. The number of hydrogen-bond donors (Lipinski definition) is 1. The van der Waals surface area contributed by atoms with Gasteiger partial charge in [0.25, 0.3) is 0 Å². The van der Waals surface area contributed by atoms with Crippen LogP contribution in [0.3, 0.4) is 0 Å². The fourth-order valence-corrected chi connectivity index (χ4v) is 6.59. The quantitative estimate of drug-likeness (QED) is 0.548. The minimum absolute atomic E-state index is 0.0470. The Morgan fingerprint density at radius 3 is 2.26 bits per heavy atom. The van der Waals surface area contributed by atoms with Gasteiger partial charge in [0.05, 0.1) is 4.90 Å². The first-order chi connectivity index (χ1) is 16.5. The highest BCUT2D eigenvalue weighted by molar-refractivity contribution is 7.89. The number of benzene rings is 3. The fourth-order valence-electron chi connectivity index (χ4n) is 5.07. The summed E-state index contributed by atoms with van der Waals surface area (Å²) in [5.74, 6) is -0.256. The van der Waals surface area contributed by atoms with E-state index in [9.17, 15) is 13.2 Å². The Labute approximate surface area is 201 Å². The number of nitrogens with one attached hydrogen (secondary N) is 1. The minimum atomic E-state index is -3.54. The molecule has 1 aliphatic heterocycles. The Bertz CT molecular complexity index is 1280. The topological polar surface area (TPSA) is 66.5 Å². The molecule has 2 aliphatic rings. The molecule has 0 radical (unpaired) electrons. The average Bonchev–Trinajstić information content (AvgIpc) is 2.89. The molecule has 3 aromatic carbocycles. The van der Waals surface area contributed by atoms with Crippen molar-refractivity contribution in [3.63, 3.8) is 0 Å². The van der Waals surface area contributed by atoms with Crippen LogP contribution in [-0.4, -0.2) is 31.7 Å². The summed E-state index contributed by atoms with van der Waals surface area (Å²) in [6.45, 7) is 0.718. The highest BCUT2D eigenvalue weighted by Gasteiger charge is 2.32. The van der Waals surface area contributed by atoms with Crippen LogP contribution in [-0.2, 0) is 27.7 Å². The van der Waals surface area contributed by atoms with E-state index in [4.69, 9.17) is 0 Å². The molecule has 0 spiro atoms. The molecular formula is C28H30N2O3S. The van der Waals surface area contributed by atoms with Gasteiger partial charge in [0.15, 0.2) is 0 Å². The minimum Gasteiger partial charge on any atom is -0.325 e. The molecule has 0 unspecified atom stereocenters. The molecule has 1 fully saturated rings. The number of anilines is 1. The number of carbonyl (C=O) groups is 1. The number of piperidine rings is 1. The van der Waals surface area contributed by atoms with Crippen LogP contribution in [0.5, 0.6) is 0 Å². The lowest BCUT2D eigenvalue weighted by atomic mass is 9.92. The van der Waals surface area contributed by atoms with Crippen LogP contribution < -0.4 is 5.32 Å². The van der Waals surface area contributed by atoms with E-state index < -0.39 is 10.0 Å². The smallest absolute Gasteiger partial charge is 0.243 e. The van der Waals surface area contributed by atoms with E-state index in [2.05, 4.69) is 5.32 Å². The van der Waals surface area contributed by atoms with Gasteiger partial charge in [0.1, 0.15) is 0 Å². The maximum absolute atomic E-state index is 13.3. The van der Waals surface area contributed by atoms with Gasteiger partial charge in [0.2, 0.25) is 15.9 Å². The van der Waals surface area contributed by atoms with E-state index in [0.717, 1.165) is 36.1 Å². The normalized spacial score (nSPS) is 17.2. The molecule has 5 rings (SSSR count). The van der Waals surface area contributed by atoms with Crippen LogP contribution in [0.4, 0.5) is 5.69 Å². The van der Waals surface area contributed by atoms with E-state index in [1.165, 1.54) is 17.5 Å². The first-order valence-corrected chi connectivity index (χ1v) is 13.5. The molecule has 0 atom stereocenters. The van der Waals surface area contributed by atoms with Crippen LogP contribution in [0.2, 0.25) is 0 Å². The van der Waals surface area contributed by atoms with E-state index in [1.54, 1.807) is 10.4 Å². The van der Waals surface area contributed by atoms with E-state index in [0.29, 0.717) is 30.8 Å². The third-order valence-corrected chi connectivity index (χ3v) is 8.95. The van der Waals surface area contributed by atoms with Gasteiger partial charge in [-0.2, -0.15) is 4.31 Å². The van der Waals surface area contributed by atoms with Crippen LogP contribution in [0.25, 0.3) is 11.1 Å². The van der Waals surface area contributed by atoms with Crippen molar-refractivity contribution < 1.29 is 13.2 Å². The second-order valence-corrected chi connectivity index (χ2v) is 11.2. The third kappa shape index (κ3) is 4.65. The van der Waals surface area contributed by atoms with Crippen LogP contribution in [0, 0.1) is 5.92 Å². The lowest BCUT2D eigenvalue weighted by molar-refractivity contribution is -0.120. The Hall–Kier alpha value is -2.96. The number of rotatable bonds is 5. The van der Waals surface area contributed by atoms with Crippen molar-refractivity contribution in [1.29, 1.82) is 0 Å². The molecule has 6 heteroatoms. The number of fused-ring (bicyclic) bond motifs is 1. The standard InChI is InChI=1S/C28H30N2O3S/c31-28(29-27-13-7-6-12-26(27)22-9-2-1-3-10-22)23-16-18-30(19-17-23)34(32,33)25-15-14-21-8-4-5-11-24(21)20-25/h1-3,6-7,9-10,12-15,20,23H,4-5,8,11,16-19H2,(H,29,31). The molecule has 5 nitrogen and oxygen atoms in total. The zero-order valence-electron chi connectivity index (χ0n) is 19.2. The first kappa shape index (κ1) is 22.8. The lowest BCUT2D eigenvalue weighted by Crippen LogP contribution is -2.41. The van der Waals surface area contributed by atoms with E-state index >= 15 is 0 Å². The Balaban J connectivity index is 1.25. The number of hydrogen-bond acceptors (Lipinski definition) is 3. The highest BCUT2D eigenvalue weighted by atomic mass is 32.2. The predicted molar refractivity (Wildman–Crippen MR) is 135 cm³/mol. The van der Waals surface area contributed by atoms with Gasteiger partial charge in [0, 0.05) is 30.3 Å². The maximum atomic E-state index is 13.3. The Morgan fingerprint density at radius 2 is 1.50 bits per heavy atom.